The molecule has 1 N–H and O–H groups in total. The number of anilines is 2. The first kappa shape index (κ1) is 19.4. The SMILES string of the molecule is COc1ccc(S(=O)(=O)Nc2nc(C(=O)N3CCCc4ccccc43)cs2)cc1. The fourth-order valence-corrected chi connectivity index (χ4v) is 5.17. The van der Waals surface area contributed by atoms with Crippen LogP contribution in [-0.2, 0) is 16.4 Å². The number of hydrogen-bond donors (Lipinski definition) is 1. The van der Waals surface area contributed by atoms with E-state index in [0.29, 0.717) is 12.3 Å². The lowest BCUT2D eigenvalue weighted by atomic mass is 10.0. The summed E-state index contributed by atoms with van der Waals surface area (Å²) in [5, 5.41) is 1.72. The number of nitrogens with one attached hydrogen (secondary N) is 1. The first-order chi connectivity index (χ1) is 14.0. The lowest BCUT2D eigenvalue weighted by Crippen LogP contribution is -2.35. The largest absolute Gasteiger partial charge is 0.497 e. The molecular formula is C20H19N3O4S2. The van der Waals surface area contributed by atoms with Crippen LogP contribution in [0.5, 0.6) is 5.75 Å². The van der Waals surface area contributed by atoms with Crippen molar-refractivity contribution in [2.24, 2.45) is 0 Å². The smallest absolute Gasteiger partial charge is 0.277 e. The fraction of sp³-hybridized carbons (Fsp3) is 0.200. The zero-order valence-corrected chi connectivity index (χ0v) is 17.3. The van der Waals surface area contributed by atoms with Crippen molar-refractivity contribution in [2.75, 3.05) is 23.3 Å². The van der Waals surface area contributed by atoms with E-state index in [1.54, 1.807) is 22.4 Å². The second-order valence-corrected chi connectivity index (χ2v) is 9.05. The average Bonchev–Trinajstić information content (AvgIpc) is 3.20. The van der Waals surface area contributed by atoms with Gasteiger partial charge in [-0.2, -0.15) is 0 Å². The van der Waals surface area contributed by atoms with Crippen molar-refractivity contribution < 1.29 is 17.9 Å². The Bertz CT molecular complexity index is 1140. The molecule has 0 spiro atoms. The molecule has 9 heteroatoms. The van der Waals surface area contributed by atoms with Crippen molar-refractivity contribution in [3.05, 3.63) is 65.2 Å². The van der Waals surface area contributed by atoms with Gasteiger partial charge in [0.25, 0.3) is 15.9 Å². The zero-order valence-electron chi connectivity index (χ0n) is 15.7. The Balaban J connectivity index is 1.53. The molecule has 1 amide bonds. The molecule has 1 aliphatic rings. The van der Waals surface area contributed by atoms with Crippen LogP contribution < -0.4 is 14.4 Å². The summed E-state index contributed by atoms with van der Waals surface area (Å²) >= 11 is 1.08. The number of carbonyl (C=O) groups excluding carboxylic acids is 1. The number of para-hydroxylation sites is 1. The van der Waals surface area contributed by atoms with Crippen molar-refractivity contribution in [1.82, 2.24) is 4.98 Å². The van der Waals surface area contributed by atoms with Gasteiger partial charge in [-0.25, -0.2) is 13.4 Å². The highest BCUT2D eigenvalue weighted by atomic mass is 32.2. The van der Waals surface area contributed by atoms with E-state index >= 15 is 0 Å². The minimum absolute atomic E-state index is 0.0892. The number of hydrogen-bond acceptors (Lipinski definition) is 6. The third kappa shape index (κ3) is 3.96. The summed E-state index contributed by atoms with van der Waals surface area (Å²) in [5.74, 6) is 0.330. The molecule has 7 nitrogen and oxygen atoms in total. The van der Waals surface area contributed by atoms with Gasteiger partial charge in [-0.1, -0.05) is 18.2 Å². The van der Waals surface area contributed by atoms with E-state index in [4.69, 9.17) is 4.74 Å². The summed E-state index contributed by atoms with van der Waals surface area (Å²) in [6.07, 6.45) is 1.81. The minimum Gasteiger partial charge on any atom is -0.497 e. The molecule has 0 fully saturated rings. The monoisotopic (exact) mass is 429 g/mol. The van der Waals surface area contributed by atoms with Crippen LogP contribution in [0.3, 0.4) is 0 Å². The number of amides is 1. The summed E-state index contributed by atoms with van der Waals surface area (Å²) in [7, 11) is -2.30. The van der Waals surface area contributed by atoms with E-state index in [2.05, 4.69) is 9.71 Å². The van der Waals surface area contributed by atoms with Gasteiger partial charge in [0.2, 0.25) is 0 Å². The van der Waals surface area contributed by atoms with Crippen LogP contribution in [0, 0.1) is 0 Å². The third-order valence-electron chi connectivity index (χ3n) is 4.67. The van der Waals surface area contributed by atoms with Crippen LogP contribution in [0.2, 0.25) is 0 Å². The number of thiazole rings is 1. The summed E-state index contributed by atoms with van der Waals surface area (Å²) < 4.78 is 32.6. The molecule has 3 aromatic rings. The molecule has 0 aliphatic carbocycles. The molecule has 0 bridgehead atoms. The molecule has 0 unspecified atom stereocenters. The Hall–Kier alpha value is -2.91. The van der Waals surface area contributed by atoms with Crippen molar-refractivity contribution in [3.8, 4) is 5.75 Å². The highest BCUT2D eigenvalue weighted by Crippen LogP contribution is 2.29. The highest BCUT2D eigenvalue weighted by molar-refractivity contribution is 7.93. The van der Waals surface area contributed by atoms with Crippen molar-refractivity contribution in [1.29, 1.82) is 0 Å². The normalized spacial score (nSPS) is 13.6. The topological polar surface area (TPSA) is 88.6 Å². The molecule has 2 heterocycles. The van der Waals surface area contributed by atoms with Crippen LogP contribution in [0.4, 0.5) is 10.8 Å². The third-order valence-corrected chi connectivity index (χ3v) is 6.91. The van der Waals surface area contributed by atoms with Crippen molar-refractivity contribution in [2.45, 2.75) is 17.7 Å². The lowest BCUT2D eigenvalue weighted by molar-refractivity contribution is 0.0981. The van der Waals surface area contributed by atoms with Gasteiger partial charge in [-0.05, 0) is 48.7 Å². The van der Waals surface area contributed by atoms with Crippen LogP contribution in [0.1, 0.15) is 22.5 Å². The van der Waals surface area contributed by atoms with Crippen molar-refractivity contribution >= 4 is 38.1 Å². The van der Waals surface area contributed by atoms with Gasteiger partial charge in [0.15, 0.2) is 5.13 Å². The lowest BCUT2D eigenvalue weighted by Gasteiger charge is -2.28. The van der Waals surface area contributed by atoms with E-state index in [1.165, 1.54) is 19.2 Å². The van der Waals surface area contributed by atoms with Crippen LogP contribution in [0.15, 0.2) is 58.8 Å². The van der Waals surface area contributed by atoms with Crippen LogP contribution in [0.25, 0.3) is 0 Å². The molecule has 0 saturated carbocycles. The second-order valence-electron chi connectivity index (χ2n) is 6.51. The number of nitrogens with zero attached hydrogens (tertiary/aromatic N) is 2. The Morgan fingerprint density at radius 1 is 1.17 bits per heavy atom. The number of carbonyl (C=O) groups is 1. The van der Waals surface area contributed by atoms with Gasteiger partial charge in [-0.15, -0.1) is 11.3 Å². The van der Waals surface area contributed by atoms with E-state index in [0.717, 1.165) is 35.4 Å². The highest BCUT2D eigenvalue weighted by Gasteiger charge is 2.25. The molecule has 0 atom stereocenters. The maximum atomic E-state index is 13.0. The number of methoxy groups -OCH3 is 1. The zero-order chi connectivity index (χ0) is 20.4. The number of sulfonamides is 1. The Kier molecular flexibility index (Phi) is 5.25. The number of aryl methyl sites for hydroxylation is 1. The number of benzene rings is 2. The van der Waals surface area contributed by atoms with Crippen molar-refractivity contribution in [3.63, 3.8) is 0 Å². The Morgan fingerprint density at radius 3 is 2.69 bits per heavy atom. The summed E-state index contributed by atoms with van der Waals surface area (Å²) in [4.78, 5) is 19.0. The quantitative estimate of drug-likeness (QED) is 0.670. The first-order valence-corrected chi connectivity index (χ1v) is 11.4. The van der Waals surface area contributed by atoms with E-state index in [1.807, 2.05) is 24.3 Å². The van der Waals surface area contributed by atoms with Gasteiger partial charge in [0, 0.05) is 17.6 Å². The molecule has 1 aliphatic heterocycles. The molecule has 1 aromatic heterocycles. The Morgan fingerprint density at radius 2 is 1.93 bits per heavy atom. The number of fused-ring (bicyclic) bond motifs is 1. The van der Waals surface area contributed by atoms with E-state index in [-0.39, 0.29) is 21.6 Å². The van der Waals surface area contributed by atoms with Crippen LogP contribution in [-0.4, -0.2) is 33.0 Å². The average molecular weight is 430 g/mol. The number of aromatic nitrogens is 1. The second kappa shape index (κ2) is 7.84. The van der Waals surface area contributed by atoms with E-state index < -0.39 is 10.0 Å². The minimum atomic E-state index is -3.81. The number of rotatable bonds is 5. The molecule has 4 rings (SSSR count). The first-order valence-electron chi connectivity index (χ1n) is 9.00. The molecular weight excluding hydrogens is 410 g/mol. The summed E-state index contributed by atoms with van der Waals surface area (Å²) in [6, 6.07) is 13.8. The molecule has 29 heavy (non-hydrogen) atoms. The molecule has 0 saturated heterocycles. The molecule has 2 aromatic carbocycles. The molecule has 150 valence electrons. The maximum Gasteiger partial charge on any atom is 0.277 e. The molecule has 0 radical (unpaired) electrons. The number of ether oxygens (including phenoxy) is 1. The summed E-state index contributed by atoms with van der Waals surface area (Å²) in [6.45, 7) is 0.611. The van der Waals surface area contributed by atoms with Gasteiger partial charge < -0.3 is 9.64 Å². The predicted octanol–water partition coefficient (Wildman–Crippen LogP) is 3.55. The van der Waals surface area contributed by atoms with E-state index in [9.17, 15) is 13.2 Å². The van der Waals surface area contributed by atoms with Gasteiger partial charge in [0.05, 0.1) is 12.0 Å². The Labute approximate surface area is 173 Å². The fourth-order valence-electron chi connectivity index (χ4n) is 3.23. The maximum absolute atomic E-state index is 13.0. The van der Waals surface area contributed by atoms with Gasteiger partial charge in [-0.3, -0.25) is 9.52 Å². The summed E-state index contributed by atoms with van der Waals surface area (Å²) in [5.41, 5.74) is 2.24. The van der Waals surface area contributed by atoms with Gasteiger partial charge in [0.1, 0.15) is 11.4 Å². The van der Waals surface area contributed by atoms with Crippen LogP contribution >= 0.6 is 11.3 Å². The standard InChI is InChI=1S/C20H19N3O4S2/c1-27-15-8-10-16(11-9-15)29(25,26)22-20-21-17(13-28-20)19(24)23-12-4-6-14-5-2-3-7-18(14)23/h2-3,5,7-11,13H,4,6,12H2,1H3,(H,21,22). The van der Waals surface area contributed by atoms with Gasteiger partial charge >= 0.3 is 0 Å². The predicted molar refractivity (Wildman–Crippen MR) is 112 cm³/mol.